The van der Waals surface area contributed by atoms with Crippen molar-refractivity contribution in [2.45, 2.75) is 72.6 Å². The monoisotopic (exact) mass is 320 g/mol. The summed E-state index contributed by atoms with van der Waals surface area (Å²) in [6, 6.07) is 0. The Morgan fingerprint density at radius 2 is 2.13 bits per heavy atom. The molecule has 3 heteroatoms. The number of carboxylic acid groups (broad SMARTS) is 1. The first-order chi connectivity index (χ1) is 10.7. The van der Waals surface area contributed by atoms with E-state index in [0.29, 0.717) is 11.8 Å². The maximum Gasteiger partial charge on any atom is 0.303 e. The van der Waals surface area contributed by atoms with Crippen LogP contribution >= 0.6 is 0 Å². The van der Waals surface area contributed by atoms with E-state index >= 15 is 0 Å². The van der Waals surface area contributed by atoms with E-state index in [4.69, 9.17) is 5.11 Å². The number of aldehydes is 1. The fourth-order valence-electron chi connectivity index (χ4n) is 5.28. The zero-order chi connectivity index (χ0) is 17.3. The fourth-order valence-corrected chi connectivity index (χ4v) is 5.28. The van der Waals surface area contributed by atoms with Gasteiger partial charge in [-0.1, -0.05) is 33.8 Å². The molecule has 2 aliphatic rings. The van der Waals surface area contributed by atoms with E-state index in [0.717, 1.165) is 50.4 Å². The minimum atomic E-state index is -0.701. The van der Waals surface area contributed by atoms with E-state index in [1.807, 2.05) is 6.92 Å². The van der Waals surface area contributed by atoms with Gasteiger partial charge in [-0.25, -0.2) is 0 Å². The molecular formula is C20H32O3. The van der Waals surface area contributed by atoms with Crippen molar-refractivity contribution in [2.75, 3.05) is 0 Å². The Bertz CT molecular complexity index is 495. The quantitative estimate of drug-likeness (QED) is 0.711. The normalized spacial score (nSPS) is 38.3. The van der Waals surface area contributed by atoms with Crippen LogP contribution in [0.5, 0.6) is 0 Å². The third-order valence-corrected chi connectivity index (χ3v) is 7.09. The summed E-state index contributed by atoms with van der Waals surface area (Å²) in [7, 11) is 0. The molecule has 5 atom stereocenters. The maximum absolute atomic E-state index is 11.6. The molecule has 0 saturated heterocycles. The lowest BCUT2D eigenvalue weighted by Gasteiger charge is -2.57. The molecular weight excluding hydrogens is 288 g/mol. The highest BCUT2D eigenvalue weighted by molar-refractivity contribution is 5.76. The van der Waals surface area contributed by atoms with E-state index < -0.39 is 5.97 Å². The van der Waals surface area contributed by atoms with Crippen molar-refractivity contribution >= 4 is 12.3 Å². The lowest BCUT2D eigenvalue weighted by Crippen LogP contribution is -2.50. The first kappa shape index (κ1) is 18.2. The van der Waals surface area contributed by atoms with Crippen molar-refractivity contribution in [3.05, 3.63) is 11.6 Å². The number of aliphatic carboxylic acids is 1. The summed E-state index contributed by atoms with van der Waals surface area (Å²) in [5.41, 5.74) is 1.21. The van der Waals surface area contributed by atoms with Crippen LogP contribution in [0.4, 0.5) is 0 Å². The molecule has 0 aromatic rings. The Balaban J connectivity index is 2.19. The first-order valence-electron chi connectivity index (χ1n) is 9.11. The highest BCUT2D eigenvalue weighted by Crippen LogP contribution is 2.61. The predicted molar refractivity (Wildman–Crippen MR) is 92.1 cm³/mol. The number of hydrogen-bond acceptors (Lipinski definition) is 2. The van der Waals surface area contributed by atoms with Gasteiger partial charge in [-0.05, 0) is 72.7 Å². The molecule has 1 saturated carbocycles. The molecule has 0 heterocycles. The van der Waals surface area contributed by atoms with Crippen molar-refractivity contribution in [3.63, 3.8) is 0 Å². The highest BCUT2D eigenvalue weighted by Gasteiger charge is 2.53. The van der Waals surface area contributed by atoms with Gasteiger partial charge in [0.2, 0.25) is 0 Å². The number of fused-ring (bicyclic) bond motifs is 1. The second-order valence-electron chi connectivity index (χ2n) is 8.51. The zero-order valence-corrected chi connectivity index (χ0v) is 15.1. The van der Waals surface area contributed by atoms with Gasteiger partial charge in [-0.2, -0.15) is 0 Å². The van der Waals surface area contributed by atoms with Crippen LogP contribution in [0.15, 0.2) is 11.6 Å². The zero-order valence-electron chi connectivity index (χ0n) is 15.1. The lowest BCUT2D eigenvalue weighted by molar-refractivity contribution is -0.138. The number of carbonyl (C=O) groups excluding carboxylic acids is 1. The molecule has 0 aromatic heterocycles. The Morgan fingerprint density at radius 1 is 1.43 bits per heavy atom. The van der Waals surface area contributed by atoms with Crippen molar-refractivity contribution < 1.29 is 14.7 Å². The third-order valence-electron chi connectivity index (χ3n) is 7.09. The summed E-state index contributed by atoms with van der Waals surface area (Å²) in [4.78, 5) is 22.5. The van der Waals surface area contributed by atoms with Crippen molar-refractivity contribution in [1.29, 1.82) is 0 Å². The van der Waals surface area contributed by atoms with Crippen LogP contribution in [-0.2, 0) is 9.59 Å². The second-order valence-corrected chi connectivity index (χ2v) is 8.51. The van der Waals surface area contributed by atoms with Crippen LogP contribution in [-0.4, -0.2) is 17.4 Å². The van der Waals surface area contributed by atoms with E-state index in [1.54, 1.807) is 0 Å². The Labute approximate surface area is 140 Å². The maximum atomic E-state index is 11.6. The van der Waals surface area contributed by atoms with Gasteiger partial charge < -0.3 is 5.11 Å². The summed E-state index contributed by atoms with van der Waals surface area (Å²) in [6.07, 6.45) is 9.91. The molecule has 2 aliphatic carbocycles. The molecule has 2 rings (SSSR count). The van der Waals surface area contributed by atoms with Gasteiger partial charge in [0.05, 0.1) is 0 Å². The summed E-state index contributed by atoms with van der Waals surface area (Å²) in [6.45, 7) is 9.06. The first-order valence-corrected chi connectivity index (χ1v) is 9.11. The van der Waals surface area contributed by atoms with E-state index in [1.165, 1.54) is 0 Å². The topological polar surface area (TPSA) is 54.4 Å². The van der Waals surface area contributed by atoms with Crippen LogP contribution in [0, 0.1) is 28.6 Å². The van der Waals surface area contributed by atoms with Crippen LogP contribution in [0.3, 0.4) is 0 Å². The Hall–Kier alpha value is -1.12. The molecule has 0 bridgehead atoms. The summed E-state index contributed by atoms with van der Waals surface area (Å²) >= 11 is 0. The van der Waals surface area contributed by atoms with Gasteiger partial charge in [0, 0.05) is 6.42 Å². The average Bonchev–Trinajstić information content (AvgIpc) is 2.48. The van der Waals surface area contributed by atoms with E-state index in [9.17, 15) is 9.59 Å². The molecule has 0 aromatic carbocycles. The van der Waals surface area contributed by atoms with Gasteiger partial charge in [0.25, 0.3) is 0 Å². The Morgan fingerprint density at radius 3 is 2.74 bits per heavy atom. The minimum Gasteiger partial charge on any atom is -0.481 e. The van der Waals surface area contributed by atoms with Crippen LogP contribution in [0.25, 0.3) is 0 Å². The van der Waals surface area contributed by atoms with Crippen molar-refractivity contribution in [3.8, 4) is 0 Å². The largest absolute Gasteiger partial charge is 0.481 e. The smallest absolute Gasteiger partial charge is 0.303 e. The highest BCUT2D eigenvalue weighted by atomic mass is 16.4. The number of carbonyl (C=O) groups is 2. The second kappa shape index (κ2) is 6.78. The third kappa shape index (κ3) is 3.39. The molecule has 1 N–H and O–H groups in total. The molecule has 3 nitrogen and oxygen atoms in total. The van der Waals surface area contributed by atoms with Crippen LogP contribution in [0.1, 0.15) is 72.6 Å². The molecule has 0 unspecified atom stereocenters. The number of rotatable bonds is 6. The Kier molecular flexibility index (Phi) is 5.37. The van der Waals surface area contributed by atoms with E-state index in [2.05, 4.69) is 26.8 Å². The number of allylic oxidation sites excluding steroid dienone is 2. The van der Waals surface area contributed by atoms with Gasteiger partial charge in [0.1, 0.15) is 6.29 Å². The predicted octanol–water partition coefficient (Wildman–Crippen LogP) is 4.86. The van der Waals surface area contributed by atoms with Crippen molar-refractivity contribution in [2.24, 2.45) is 28.6 Å². The molecule has 23 heavy (non-hydrogen) atoms. The average molecular weight is 320 g/mol. The van der Waals surface area contributed by atoms with Gasteiger partial charge in [0.15, 0.2) is 0 Å². The van der Waals surface area contributed by atoms with Crippen LogP contribution < -0.4 is 0 Å². The van der Waals surface area contributed by atoms with Gasteiger partial charge >= 0.3 is 5.97 Å². The fraction of sp³-hybridized carbons (Fsp3) is 0.800. The minimum absolute atomic E-state index is 0.0112. The summed E-state index contributed by atoms with van der Waals surface area (Å²) in [5.74, 6) is 0.673. The number of carboxylic acids is 1. The van der Waals surface area contributed by atoms with Crippen LogP contribution in [0.2, 0.25) is 0 Å². The van der Waals surface area contributed by atoms with Gasteiger partial charge in [-0.15, -0.1) is 0 Å². The van der Waals surface area contributed by atoms with Crippen molar-refractivity contribution in [1.82, 2.24) is 0 Å². The molecule has 0 spiro atoms. The molecule has 1 fully saturated rings. The molecule has 0 radical (unpaired) electrons. The standard InChI is InChI=1S/C20H32O3/c1-14(12-18(22)23)8-10-19(3)15(2)9-11-20(4)16(13-21)6-5-7-17(19)20/h6,13-15,17H,5,7-12H2,1-4H3,(H,22,23)/t14-,15-,17+,19+,20+/m1/s1. The van der Waals surface area contributed by atoms with Gasteiger partial charge in [-0.3, -0.25) is 9.59 Å². The van der Waals surface area contributed by atoms with E-state index in [-0.39, 0.29) is 23.2 Å². The summed E-state index contributed by atoms with van der Waals surface area (Å²) in [5, 5.41) is 8.99. The molecule has 0 aliphatic heterocycles. The summed E-state index contributed by atoms with van der Waals surface area (Å²) < 4.78 is 0. The number of hydrogen-bond donors (Lipinski definition) is 1. The SMILES string of the molecule is C[C@H](CC[C@@]1(C)[C@H](C)CC[C@@]2(C)C(C=O)=CCC[C@@H]12)CC(=O)O. The lowest BCUT2D eigenvalue weighted by atomic mass is 9.47. The molecule has 0 amide bonds. The molecule has 130 valence electrons.